The predicted molar refractivity (Wildman–Crippen MR) is 64.5 cm³/mol. The molecule has 1 fully saturated rings. The van der Waals surface area contributed by atoms with Crippen molar-refractivity contribution in [3.8, 4) is 0 Å². The zero-order chi connectivity index (χ0) is 12.8. The van der Waals surface area contributed by atoms with Crippen LogP contribution in [0.3, 0.4) is 0 Å². The fraction of sp³-hybridized carbons (Fsp3) is 0.833. The van der Waals surface area contributed by atoms with E-state index in [2.05, 4.69) is 10.6 Å². The largest absolute Gasteiger partial charge is 0.465 e. The van der Waals surface area contributed by atoms with Crippen molar-refractivity contribution >= 4 is 11.9 Å². The second-order valence-corrected chi connectivity index (χ2v) is 4.38. The normalized spacial score (nSPS) is 18.3. The molecule has 0 aromatic rings. The van der Waals surface area contributed by atoms with Crippen LogP contribution in [0.1, 0.15) is 40.0 Å². The van der Waals surface area contributed by atoms with Gasteiger partial charge in [0.25, 0.3) is 0 Å². The summed E-state index contributed by atoms with van der Waals surface area (Å²) in [6, 6.07) is -0.436. The fourth-order valence-corrected chi connectivity index (χ4v) is 1.53. The molecular formula is C12H22N2O3. The smallest absolute Gasteiger partial charge is 0.323 e. The van der Waals surface area contributed by atoms with Crippen LogP contribution in [-0.4, -0.2) is 36.6 Å². The van der Waals surface area contributed by atoms with Crippen molar-refractivity contribution in [2.75, 3.05) is 6.61 Å². The number of rotatable bonds is 7. The molecule has 1 saturated carbocycles. The van der Waals surface area contributed by atoms with E-state index in [0.29, 0.717) is 19.1 Å². The van der Waals surface area contributed by atoms with Gasteiger partial charge in [0.2, 0.25) is 5.91 Å². The zero-order valence-corrected chi connectivity index (χ0v) is 10.8. The first-order valence-corrected chi connectivity index (χ1v) is 6.31. The summed E-state index contributed by atoms with van der Waals surface area (Å²) >= 11 is 0. The molecule has 1 amide bonds. The summed E-state index contributed by atoms with van der Waals surface area (Å²) in [6.45, 7) is 5.78. The molecule has 2 N–H and O–H groups in total. The van der Waals surface area contributed by atoms with Gasteiger partial charge < -0.3 is 10.1 Å². The lowest BCUT2D eigenvalue weighted by atomic mass is 10.2. The molecule has 0 aliphatic heterocycles. The van der Waals surface area contributed by atoms with E-state index in [-0.39, 0.29) is 17.9 Å². The maximum absolute atomic E-state index is 11.7. The highest BCUT2D eigenvalue weighted by Crippen LogP contribution is 2.18. The molecule has 0 radical (unpaired) electrons. The van der Waals surface area contributed by atoms with Crippen LogP contribution in [0.25, 0.3) is 0 Å². The van der Waals surface area contributed by atoms with Gasteiger partial charge in [-0.05, 0) is 33.1 Å². The lowest BCUT2D eigenvalue weighted by Gasteiger charge is -2.20. The summed E-state index contributed by atoms with van der Waals surface area (Å²) in [4.78, 5) is 23.3. The van der Waals surface area contributed by atoms with Crippen molar-refractivity contribution in [2.45, 2.75) is 58.2 Å². The number of nitrogens with one attached hydrogen (secondary N) is 2. The molecule has 0 spiro atoms. The predicted octanol–water partition coefficient (Wildman–Crippen LogP) is 0.585. The van der Waals surface area contributed by atoms with Crippen molar-refractivity contribution in [1.82, 2.24) is 10.6 Å². The average molecular weight is 242 g/mol. The molecule has 0 bridgehead atoms. The van der Waals surface area contributed by atoms with E-state index in [1.165, 1.54) is 0 Å². The number of ether oxygens (including phenoxy) is 1. The molecule has 17 heavy (non-hydrogen) atoms. The van der Waals surface area contributed by atoms with Gasteiger partial charge in [0.05, 0.1) is 12.6 Å². The van der Waals surface area contributed by atoms with Crippen LogP contribution in [0, 0.1) is 0 Å². The van der Waals surface area contributed by atoms with Crippen molar-refractivity contribution in [3.05, 3.63) is 0 Å². The van der Waals surface area contributed by atoms with Crippen molar-refractivity contribution < 1.29 is 14.3 Å². The van der Waals surface area contributed by atoms with E-state index in [9.17, 15) is 9.59 Å². The zero-order valence-electron chi connectivity index (χ0n) is 10.8. The van der Waals surface area contributed by atoms with Gasteiger partial charge in [-0.1, -0.05) is 6.92 Å². The molecule has 5 nitrogen and oxygen atoms in total. The second kappa shape index (κ2) is 6.59. The van der Waals surface area contributed by atoms with Crippen molar-refractivity contribution in [1.29, 1.82) is 0 Å². The highest BCUT2D eigenvalue weighted by atomic mass is 16.5. The van der Waals surface area contributed by atoms with Crippen LogP contribution in [0.2, 0.25) is 0 Å². The third kappa shape index (κ3) is 4.73. The van der Waals surface area contributed by atoms with Crippen molar-refractivity contribution in [2.24, 2.45) is 0 Å². The molecule has 0 heterocycles. The molecule has 2 unspecified atom stereocenters. The molecule has 98 valence electrons. The fourth-order valence-electron chi connectivity index (χ4n) is 1.53. The highest BCUT2D eigenvalue weighted by molar-refractivity contribution is 5.83. The van der Waals surface area contributed by atoms with E-state index in [0.717, 1.165) is 12.8 Å². The van der Waals surface area contributed by atoms with Gasteiger partial charge in [-0.15, -0.1) is 0 Å². The minimum Gasteiger partial charge on any atom is -0.465 e. The van der Waals surface area contributed by atoms with Crippen LogP contribution in [0.5, 0.6) is 0 Å². The maximum atomic E-state index is 11.7. The Labute approximate surface area is 102 Å². The quantitative estimate of drug-likeness (QED) is 0.641. The van der Waals surface area contributed by atoms with Gasteiger partial charge in [-0.25, -0.2) is 0 Å². The van der Waals surface area contributed by atoms with E-state index >= 15 is 0 Å². The Bertz CT molecular complexity index is 277. The molecule has 0 saturated heterocycles. The third-order valence-electron chi connectivity index (χ3n) is 2.75. The number of carbonyl (C=O) groups excluding carboxylic acids is 2. The Morgan fingerprint density at radius 2 is 2.00 bits per heavy atom. The van der Waals surface area contributed by atoms with E-state index in [1.54, 1.807) is 13.8 Å². The first-order valence-electron chi connectivity index (χ1n) is 6.31. The van der Waals surface area contributed by atoms with Gasteiger partial charge in [0.1, 0.15) is 6.04 Å². The minimum atomic E-state index is -0.407. The van der Waals surface area contributed by atoms with Crippen LogP contribution in [-0.2, 0) is 14.3 Å². The molecule has 1 rings (SSSR count). The van der Waals surface area contributed by atoms with E-state index < -0.39 is 6.04 Å². The van der Waals surface area contributed by atoms with Crippen molar-refractivity contribution in [3.63, 3.8) is 0 Å². The molecule has 5 heteroatoms. The number of hydrogen-bond donors (Lipinski definition) is 2. The lowest BCUT2D eigenvalue weighted by Crippen LogP contribution is -2.50. The van der Waals surface area contributed by atoms with Gasteiger partial charge in [0.15, 0.2) is 0 Å². The SMILES string of the molecule is CCOC(=O)C(CC)NC(C)C(=O)NC1CC1. The van der Waals surface area contributed by atoms with Gasteiger partial charge in [-0.2, -0.15) is 0 Å². The first-order chi connectivity index (χ1) is 8.08. The summed E-state index contributed by atoms with van der Waals surface area (Å²) in [5.74, 6) is -0.337. The van der Waals surface area contributed by atoms with Crippen LogP contribution < -0.4 is 10.6 Å². The number of esters is 1. The Balaban J connectivity index is 2.37. The Hall–Kier alpha value is -1.10. The molecule has 1 aliphatic carbocycles. The van der Waals surface area contributed by atoms with Gasteiger partial charge >= 0.3 is 5.97 Å². The second-order valence-electron chi connectivity index (χ2n) is 4.38. The van der Waals surface area contributed by atoms with E-state index in [1.807, 2.05) is 6.92 Å². The topological polar surface area (TPSA) is 67.4 Å². The maximum Gasteiger partial charge on any atom is 0.323 e. The number of carbonyl (C=O) groups is 2. The average Bonchev–Trinajstić information content (AvgIpc) is 3.09. The van der Waals surface area contributed by atoms with Crippen LogP contribution >= 0.6 is 0 Å². The minimum absolute atomic E-state index is 0.0461. The first kappa shape index (κ1) is 14.0. The Morgan fingerprint density at radius 1 is 1.35 bits per heavy atom. The molecular weight excluding hydrogens is 220 g/mol. The summed E-state index contributed by atoms with van der Waals surface area (Å²) in [7, 11) is 0. The van der Waals surface area contributed by atoms with Gasteiger partial charge in [0, 0.05) is 6.04 Å². The number of amides is 1. The standard InChI is InChI=1S/C12H22N2O3/c1-4-10(12(16)17-5-2)13-8(3)11(15)14-9-6-7-9/h8-10,13H,4-7H2,1-3H3,(H,14,15). The van der Waals surface area contributed by atoms with E-state index in [4.69, 9.17) is 4.74 Å². The Kier molecular flexibility index (Phi) is 5.41. The highest BCUT2D eigenvalue weighted by Gasteiger charge is 2.28. The summed E-state index contributed by atoms with van der Waals surface area (Å²) in [5, 5.41) is 5.90. The monoisotopic (exact) mass is 242 g/mol. The van der Waals surface area contributed by atoms with Crippen LogP contribution in [0.15, 0.2) is 0 Å². The molecule has 1 aliphatic rings. The number of hydrogen-bond acceptors (Lipinski definition) is 4. The summed E-state index contributed by atoms with van der Waals surface area (Å²) in [5.41, 5.74) is 0. The summed E-state index contributed by atoms with van der Waals surface area (Å²) < 4.78 is 4.94. The molecule has 0 aromatic carbocycles. The lowest BCUT2D eigenvalue weighted by molar-refractivity contribution is -0.146. The molecule has 2 atom stereocenters. The van der Waals surface area contributed by atoms with Crippen LogP contribution in [0.4, 0.5) is 0 Å². The van der Waals surface area contributed by atoms with Gasteiger partial charge in [-0.3, -0.25) is 14.9 Å². The summed E-state index contributed by atoms with van der Waals surface area (Å²) in [6.07, 6.45) is 2.74. The Morgan fingerprint density at radius 3 is 2.47 bits per heavy atom. The molecule has 0 aromatic heterocycles. The third-order valence-corrected chi connectivity index (χ3v) is 2.75.